The molecule has 0 saturated carbocycles. The first-order valence-electron chi connectivity index (χ1n) is 9.50. The fourth-order valence-corrected chi connectivity index (χ4v) is 3.81. The van der Waals surface area contributed by atoms with Crippen molar-refractivity contribution in [3.05, 3.63) is 72.3 Å². The highest BCUT2D eigenvalue weighted by Gasteiger charge is 2.34. The van der Waals surface area contributed by atoms with Crippen LogP contribution >= 0.6 is 11.8 Å². The minimum absolute atomic E-state index is 0.321. The number of nitrogens with one attached hydrogen (secondary N) is 1. The Morgan fingerprint density at radius 2 is 1.62 bits per heavy atom. The zero-order valence-corrected chi connectivity index (χ0v) is 17.8. The highest BCUT2D eigenvalue weighted by atomic mass is 32.2. The van der Waals surface area contributed by atoms with Gasteiger partial charge in [-0.1, -0.05) is 12.1 Å². The maximum absolute atomic E-state index is 13.4. The summed E-state index contributed by atoms with van der Waals surface area (Å²) in [7, 11) is 0. The quantitative estimate of drug-likeness (QED) is 0.286. The summed E-state index contributed by atoms with van der Waals surface area (Å²) in [6, 6.07) is 9.64. The summed E-state index contributed by atoms with van der Waals surface area (Å²) in [5.41, 5.74) is 2.91. The number of benzene rings is 2. The van der Waals surface area contributed by atoms with Gasteiger partial charge in [0.1, 0.15) is 18.0 Å². The number of nitrogens with zero attached hydrogens (tertiary/aromatic N) is 4. The van der Waals surface area contributed by atoms with E-state index in [1.54, 1.807) is 19.1 Å². The molecule has 5 nitrogen and oxygen atoms in total. The Bertz CT molecular complexity index is 1240. The van der Waals surface area contributed by atoms with Crippen LogP contribution in [0.2, 0.25) is 0 Å². The third-order valence-corrected chi connectivity index (χ3v) is 5.63. The van der Waals surface area contributed by atoms with E-state index in [4.69, 9.17) is 0 Å². The molecule has 2 heterocycles. The van der Waals surface area contributed by atoms with Gasteiger partial charge in [0.25, 0.3) is 0 Å². The molecule has 32 heavy (non-hydrogen) atoms. The molecule has 0 aliphatic carbocycles. The molecule has 0 aliphatic rings. The average molecular weight is 459 g/mol. The van der Waals surface area contributed by atoms with E-state index < -0.39 is 18.0 Å². The van der Waals surface area contributed by atoms with Crippen LogP contribution in [0, 0.1) is 5.82 Å². The molecule has 0 bridgehead atoms. The summed E-state index contributed by atoms with van der Waals surface area (Å²) < 4.78 is 51.6. The molecule has 4 rings (SSSR count). The summed E-state index contributed by atoms with van der Waals surface area (Å²) in [4.78, 5) is 16.5. The molecule has 10 heteroatoms. The predicted molar refractivity (Wildman–Crippen MR) is 116 cm³/mol. The first-order chi connectivity index (χ1) is 15.3. The highest BCUT2D eigenvalue weighted by Crippen LogP contribution is 2.35. The number of hydrogen-bond acceptors (Lipinski definition) is 6. The zero-order chi connectivity index (χ0) is 22.9. The second-order valence-electron chi connectivity index (χ2n) is 7.01. The Hall–Kier alpha value is -3.27. The predicted octanol–water partition coefficient (Wildman–Crippen LogP) is 6.14. The summed E-state index contributed by atoms with van der Waals surface area (Å²) in [6.45, 7) is 1.78. The summed E-state index contributed by atoms with van der Waals surface area (Å²) in [5, 5.41) is 3.95. The lowest BCUT2D eigenvalue weighted by Crippen LogP contribution is -2.14. The van der Waals surface area contributed by atoms with Gasteiger partial charge < -0.3 is 5.32 Å². The Kier molecular flexibility index (Phi) is 5.96. The lowest BCUT2D eigenvalue weighted by Gasteiger charge is -2.17. The molecule has 0 unspecified atom stereocenters. The molecule has 2 aromatic heterocycles. The van der Waals surface area contributed by atoms with Gasteiger partial charge in [-0.05, 0) is 48.6 Å². The second-order valence-corrected chi connectivity index (χ2v) is 7.86. The van der Waals surface area contributed by atoms with Crippen LogP contribution in [-0.4, -0.2) is 26.2 Å². The van der Waals surface area contributed by atoms with Crippen molar-refractivity contribution in [2.45, 2.75) is 24.0 Å². The van der Waals surface area contributed by atoms with E-state index in [9.17, 15) is 17.6 Å². The number of anilines is 1. The van der Waals surface area contributed by atoms with Crippen LogP contribution in [0.4, 0.5) is 23.4 Å². The number of rotatable bonds is 5. The minimum atomic E-state index is -4.59. The molecule has 0 saturated heterocycles. The Morgan fingerprint density at radius 1 is 0.938 bits per heavy atom. The van der Waals surface area contributed by atoms with Crippen LogP contribution < -0.4 is 5.32 Å². The van der Waals surface area contributed by atoms with Crippen molar-refractivity contribution < 1.29 is 17.6 Å². The van der Waals surface area contributed by atoms with Crippen LogP contribution in [0.15, 0.2) is 60.0 Å². The lowest BCUT2D eigenvalue weighted by molar-refractivity contribution is -0.145. The average Bonchev–Trinajstić information content (AvgIpc) is 2.78. The summed E-state index contributed by atoms with van der Waals surface area (Å²) >= 11 is 1.52. The smallest absolute Gasteiger partial charge is 0.363 e. The summed E-state index contributed by atoms with van der Waals surface area (Å²) in [6.07, 6.45) is 1.06. The van der Waals surface area contributed by atoms with E-state index in [1.165, 1.54) is 30.2 Å². The molecule has 0 fully saturated rings. The molecule has 0 aliphatic heterocycles. The van der Waals surface area contributed by atoms with Crippen LogP contribution in [0.5, 0.6) is 0 Å². The van der Waals surface area contributed by atoms with Crippen LogP contribution in [0.1, 0.15) is 24.4 Å². The maximum atomic E-state index is 13.4. The molecule has 2 aromatic carbocycles. The van der Waals surface area contributed by atoms with Crippen molar-refractivity contribution in [3.8, 4) is 11.1 Å². The molecular weight excluding hydrogens is 442 g/mol. The van der Waals surface area contributed by atoms with E-state index in [0.717, 1.165) is 39.3 Å². The van der Waals surface area contributed by atoms with Crippen LogP contribution in [0.25, 0.3) is 22.0 Å². The van der Waals surface area contributed by atoms with Gasteiger partial charge in [0.2, 0.25) is 5.82 Å². The van der Waals surface area contributed by atoms with Gasteiger partial charge >= 0.3 is 6.18 Å². The molecular formula is C22H17F4N5S. The first kappa shape index (κ1) is 21.9. The van der Waals surface area contributed by atoms with E-state index in [2.05, 4.69) is 25.3 Å². The highest BCUT2D eigenvalue weighted by molar-refractivity contribution is 7.98. The van der Waals surface area contributed by atoms with Gasteiger partial charge in [0.15, 0.2) is 0 Å². The zero-order valence-electron chi connectivity index (χ0n) is 17.0. The van der Waals surface area contributed by atoms with E-state index in [-0.39, 0.29) is 5.82 Å². The molecule has 0 spiro atoms. The molecule has 1 atom stereocenters. The van der Waals surface area contributed by atoms with Crippen molar-refractivity contribution >= 4 is 28.5 Å². The molecule has 164 valence electrons. The number of fused-ring (bicyclic) bond motifs is 1. The van der Waals surface area contributed by atoms with Gasteiger partial charge in [0, 0.05) is 28.2 Å². The topological polar surface area (TPSA) is 63.6 Å². The molecule has 0 radical (unpaired) electrons. The number of thioether (sulfide) groups is 1. The van der Waals surface area contributed by atoms with Crippen LogP contribution in [-0.2, 0) is 6.18 Å². The van der Waals surface area contributed by atoms with E-state index in [1.807, 2.05) is 18.4 Å². The molecule has 4 aromatic rings. The number of halogens is 4. The van der Waals surface area contributed by atoms with Gasteiger partial charge in [0.05, 0.1) is 11.6 Å². The monoisotopic (exact) mass is 459 g/mol. The van der Waals surface area contributed by atoms with Crippen molar-refractivity contribution in [1.29, 1.82) is 0 Å². The number of aromatic nitrogens is 4. The lowest BCUT2D eigenvalue weighted by atomic mass is 10.0. The fourth-order valence-electron chi connectivity index (χ4n) is 3.21. The van der Waals surface area contributed by atoms with Gasteiger partial charge in [-0.3, -0.25) is 0 Å². The van der Waals surface area contributed by atoms with Gasteiger partial charge in [-0.2, -0.15) is 13.2 Å². The van der Waals surface area contributed by atoms with E-state index in [0.29, 0.717) is 11.4 Å². The third kappa shape index (κ3) is 4.50. The fraction of sp³-hybridized carbons (Fsp3) is 0.182. The Balaban J connectivity index is 1.72. The Labute approximate surface area is 185 Å². The van der Waals surface area contributed by atoms with E-state index >= 15 is 0 Å². The first-order valence-corrected chi connectivity index (χ1v) is 10.7. The molecule has 0 amide bonds. The Morgan fingerprint density at radius 3 is 2.25 bits per heavy atom. The van der Waals surface area contributed by atoms with Crippen molar-refractivity contribution in [2.75, 3.05) is 11.6 Å². The van der Waals surface area contributed by atoms with Crippen LogP contribution in [0.3, 0.4) is 0 Å². The maximum Gasteiger partial charge on any atom is 0.451 e. The van der Waals surface area contributed by atoms with Gasteiger partial charge in [-0.25, -0.2) is 24.3 Å². The second kappa shape index (κ2) is 8.70. The van der Waals surface area contributed by atoms with Crippen molar-refractivity contribution in [3.63, 3.8) is 0 Å². The number of hydrogen-bond donors (Lipinski definition) is 1. The summed E-state index contributed by atoms with van der Waals surface area (Å²) in [5.74, 6) is -0.992. The standard InChI is InChI=1S/C22H17F4N5S/c1-12(15-9-27-21(28-10-15)22(24,25)26)31-20-17-7-14(13-3-5-16(23)6-4-13)8-18(32-2)19(17)29-11-30-20/h3-12H,1-2H3,(H,29,30,31)/t12-/m1/s1. The van der Waals surface area contributed by atoms with Gasteiger partial charge in [-0.15, -0.1) is 11.8 Å². The minimum Gasteiger partial charge on any atom is -0.363 e. The number of alkyl halides is 3. The van der Waals surface area contributed by atoms with Crippen molar-refractivity contribution in [1.82, 2.24) is 19.9 Å². The normalized spacial score (nSPS) is 12.7. The largest absolute Gasteiger partial charge is 0.451 e. The molecule has 1 N–H and O–H groups in total. The van der Waals surface area contributed by atoms with Crippen molar-refractivity contribution in [2.24, 2.45) is 0 Å². The SMILES string of the molecule is CSc1cc(-c2ccc(F)cc2)cc2c(N[C@H](C)c3cnc(C(F)(F)F)nc3)ncnc12. The third-order valence-electron chi connectivity index (χ3n) is 4.88.